The molecule has 1 saturated heterocycles. The Kier molecular flexibility index (Phi) is 3.94. The summed E-state index contributed by atoms with van der Waals surface area (Å²) in [4.78, 5) is 13.6. The van der Waals surface area contributed by atoms with Crippen LogP contribution in [0.3, 0.4) is 0 Å². The van der Waals surface area contributed by atoms with E-state index in [2.05, 4.69) is 13.0 Å². The van der Waals surface area contributed by atoms with Gasteiger partial charge >= 0.3 is 0 Å². The van der Waals surface area contributed by atoms with Gasteiger partial charge in [0.05, 0.1) is 6.07 Å². The zero-order valence-corrected chi connectivity index (χ0v) is 8.99. The van der Waals surface area contributed by atoms with Gasteiger partial charge in [-0.05, 0) is 25.2 Å². The largest absolute Gasteiger partial charge is 0.342 e. The number of carbonyl (C=O) groups is 1. The number of hydrogen-bond acceptors (Lipinski definition) is 2. The fourth-order valence-corrected chi connectivity index (χ4v) is 1.77. The Morgan fingerprint density at radius 1 is 1.57 bits per heavy atom. The summed E-state index contributed by atoms with van der Waals surface area (Å²) < 4.78 is 0. The summed E-state index contributed by atoms with van der Waals surface area (Å²) in [5, 5.41) is 8.78. The third-order valence-electron chi connectivity index (χ3n) is 2.96. The molecule has 1 fully saturated rings. The van der Waals surface area contributed by atoms with Gasteiger partial charge in [-0.3, -0.25) is 4.79 Å². The topological polar surface area (TPSA) is 44.1 Å². The Hall–Kier alpha value is -1.04. The van der Waals surface area contributed by atoms with Crippen molar-refractivity contribution in [1.82, 2.24) is 4.90 Å². The van der Waals surface area contributed by atoms with E-state index in [0.717, 1.165) is 31.8 Å². The van der Waals surface area contributed by atoms with E-state index in [0.29, 0.717) is 6.42 Å². The number of rotatable bonds is 2. The molecule has 1 heterocycles. The minimum Gasteiger partial charge on any atom is -0.342 e. The highest BCUT2D eigenvalue weighted by atomic mass is 16.2. The van der Waals surface area contributed by atoms with E-state index in [4.69, 9.17) is 5.26 Å². The molecule has 14 heavy (non-hydrogen) atoms. The van der Waals surface area contributed by atoms with Crippen LogP contribution in [0.25, 0.3) is 0 Å². The highest BCUT2D eigenvalue weighted by molar-refractivity contribution is 5.81. The Morgan fingerprint density at radius 3 is 2.57 bits per heavy atom. The maximum atomic E-state index is 11.8. The second kappa shape index (κ2) is 4.99. The Labute approximate surface area is 85.7 Å². The quantitative estimate of drug-likeness (QED) is 0.672. The van der Waals surface area contributed by atoms with Crippen LogP contribution in [0.5, 0.6) is 0 Å². The van der Waals surface area contributed by atoms with Crippen LogP contribution in [0.4, 0.5) is 0 Å². The molecule has 0 bridgehead atoms. The molecule has 0 N–H and O–H groups in total. The van der Waals surface area contributed by atoms with E-state index in [1.807, 2.05) is 11.8 Å². The molecule has 1 rings (SSSR count). The first kappa shape index (κ1) is 11.0. The summed E-state index contributed by atoms with van der Waals surface area (Å²) in [5.41, 5.74) is 0. The number of nitriles is 1. The summed E-state index contributed by atoms with van der Waals surface area (Å²) in [5.74, 6) is 0.325. The highest BCUT2D eigenvalue weighted by Crippen LogP contribution is 2.18. The number of amides is 1. The van der Waals surface area contributed by atoms with Crippen molar-refractivity contribution >= 4 is 5.91 Å². The molecule has 1 unspecified atom stereocenters. The minimum absolute atomic E-state index is 0.0295. The molecular formula is C11H18N2O. The summed E-state index contributed by atoms with van der Waals surface area (Å²) in [6.07, 6.45) is 2.78. The molecule has 78 valence electrons. The lowest BCUT2D eigenvalue weighted by Gasteiger charge is -2.31. The first-order valence-electron chi connectivity index (χ1n) is 5.37. The van der Waals surface area contributed by atoms with Gasteiger partial charge in [-0.15, -0.1) is 0 Å². The van der Waals surface area contributed by atoms with Gasteiger partial charge in [-0.1, -0.05) is 13.8 Å². The summed E-state index contributed by atoms with van der Waals surface area (Å²) >= 11 is 0. The van der Waals surface area contributed by atoms with Gasteiger partial charge < -0.3 is 4.90 Å². The molecule has 0 radical (unpaired) electrons. The average molecular weight is 194 g/mol. The van der Waals surface area contributed by atoms with Crippen LogP contribution < -0.4 is 0 Å². The maximum Gasteiger partial charge on any atom is 0.239 e. The van der Waals surface area contributed by atoms with Gasteiger partial charge in [0.25, 0.3) is 0 Å². The monoisotopic (exact) mass is 194 g/mol. The predicted octanol–water partition coefficient (Wildman–Crippen LogP) is 1.79. The predicted molar refractivity (Wildman–Crippen MR) is 54.4 cm³/mol. The second-order valence-electron chi connectivity index (χ2n) is 4.10. The Bertz CT molecular complexity index is 236. The lowest BCUT2D eigenvalue weighted by Crippen LogP contribution is -2.41. The fourth-order valence-electron chi connectivity index (χ4n) is 1.77. The van der Waals surface area contributed by atoms with Crippen LogP contribution in [-0.2, 0) is 4.79 Å². The van der Waals surface area contributed by atoms with E-state index < -0.39 is 5.92 Å². The van der Waals surface area contributed by atoms with Crippen molar-refractivity contribution < 1.29 is 4.79 Å². The van der Waals surface area contributed by atoms with Crippen LogP contribution in [0.15, 0.2) is 0 Å². The molecule has 3 nitrogen and oxygen atoms in total. The molecule has 0 aromatic rings. The van der Waals surface area contributed by atoms with Crippen molar-refractivity contribution in [3.8, 4) is 6.07 Å². The minimum atomic E-state index is -0.427. The van der Waals surface area contributed by atoms with Crippen LogP contribution in [0.1, 0.15) is 33.1 Å². The number of hydrogen-bond donors (Lipinski definition) is 0. The molecule has 0 aromatic heterocycles. The molecule has 1 atom stereocenters. The van der Waals surface area contributed by atoms with Crippen LogP contribution in [-0.4, -0.2) is 23.9 Å². The van der Waals surface area contributed by atoms with Crippen LogP contribution >= 0.6 is 0 Å². The molecule has 0 spiro atoms. The van der Waals surface area contributed by atoms with Gasteiger partial charge in [0.2, 0.25) is 5.91 Å². The van der Waals surface area contributed by atoms with Gasteiger partial charge in [-0.2, -0.15) is 5.26 Å². The standard InChI is InChI=1S/C11H18N2O/c1-3-10(8-12)11(14)13-6-4-9(2)5-7-13/h9-10H,3-7H2,1-2H3. The van der Waals surface area contributed by atoms with Crippen molar-refractivity contribution in [2.75, 3.05) is 13.1 Å². The zero-order valence-electron chi connectivity index (χ0n) is 8.99. The summed E-state index contributed by atoms with van der Waals surface area (Å²) in [6.45, 7) is 5.76. The molecule has 0 aromatic carbocycles. The number of piperidine rings is 1. The average Bonchev–Trinajstić information content (AvgIpc) is 2.20. The SMILES string of the molecule is CCC(C#N)C(=O)N1CCC(C)CC1. The lowest BCUT2D eigenvalue weighted by molar-refractivity contribution is -0.135. The smallest absolute Gasteiger partial charge is 0.239 e. The van der Waals surface area contributed by atoms with E-state index in [9.17, 15) is 4.79 Å². The normalized spacial score (nSPS) is 20.2. The van der Waals surface area contributed by atoms with Gasteiger partial charge in [0, 0.05) is 13.1 Å². The van der Waals surface area contributed by atoms with E-state index in [1.54, 1.807) is 0 Å². The number of likely N-dealkylation sites (tertiary alicyclic amines) is 1. The summed E-state index contributed by atoms with van der Waals surface area (Å²) in [7, 11) is 0. The lowest BCUT2D eigenvalue weighted by atomic mass is 9.97. The molecule has 1 amide bonds. The third kappa shape index (κ3) is 2.47. The fraction of sp³-hybridized carbons (Fsp3) is 0.818. The van der Waals surface area contributed by atoms with E-state index in [1.165, 1.54) is 0 Å². The molecule has 0 saturated carbocycles. The number of nitrogens with zero attached hydrogens (tertiary/aromatic N) is 2. The first-order chi connectivity index (χ1) is 6.69. The van der Waals surface area contributed by atoms with Gasteiger partial charge in [0.1, 0.15) is 5.92 Å². The Balaban J connectivity index is 2.49. The van der Waals surface area contributed by atoms with E-state index >= 15 is 0 Å². The first-order valence-corrected chi connectivity index (χ1v) is 5.37. The molecular weight excluding hydrogens is 176 g/mol. The molecule has 1 aliphatic rings. The Morgan fingerprint density at radius 2 is 2.14 bits per heavy atom. The van der Waals surface area contributed by atoms with Crippen molar-refractivity contribution in [3.05, 3.63) is 0 Å². The van der Waals surface area contributed by atoms with Crippen molar-refractivity contribution in [2.45, 2.75) is 33.1 Å². The number of carbonyl (C=O) groups excluding carboxylic acids is 1. The van der Waals surface area contributed by atoms with Crippen molar-refractivity contribution in [2.24, 2.45) is 11.8 Å². The second-order valence-corrected chi connectivity index (χ2v) is 4.10. The van der Waals surface area contributed by atoms with E-state index in [-0.39, 0.29) is 5.91 Å². The van der Waals surface area contributed by atoms with Crippen molar-refractivity contribution in [1.29, 1.82) is 5.26 Å². The third-order valence-corrected chi connectivity index (χ3v) is 2.96. The zero-order chi connectivity index (χ0) is 10.6. The molecule has 1 aliphatic heterocycles. The van der Waals surface area contributed by atoms with Crippen LogP contribution in [0.2, 0.25) is 0 Å². The highest BCUT2D eigenvalue weighted by Gasteiger charge is 2.25. The van der Waals surface area contributed by atoms with Crippen molar-refractivity contribution in [3.63, 3.8) is 0 Å². The van der Waals surface area contributed by atoms with Gasteiger partial charge in [0.15, 0.2) is 0 Å². The molecule has 3 heteroatoms. The van der Waals surface area contributed by atoms with Gasteiger partial charge in [-0.25, -0.2) is 0 Å². The summed E-state index contributed by atoms with van der Waals surface area (Å²) in [6, 6.07) is 2.07. The van der Waals surface area contributed by atoms with Crippen LogP contribution in [0, 0.1) is 23.2 Å². The maximum absolute atomic E-state index is 11.8. The molecule has 0 aliphatic carbocycles.